The monoisotopic (exact) mass is 189 g/mol. The van der Waals surface area contributed by atoms with Crippen molar-refractivity contribution in [2.75, 3.05) is 6.61 Å². The lowest BCUT2D eigenvalue weighted by atomic mass is 9.85. The minimum absolute atomic E-state index is 0.364. The molecule has 74 valence electrons. The molecule has 0 saturated heterocycles. The van der Waals surface area contributed by atoms with Crippen molar-refractivity contribution in [1.82, 2.24) is 0 Å². The molecule has 0 saturated carbocycles. The van der Waals surface area contributed by atoms with E-state index in [0.29, 0.717) is 6.04 Å². The number of hydrogen-bond donors (Lipinski definition) is 1. The van der Waals surface area contributed by atoms with E-state index in [-0.39, 0.29) is 0 Å². The van der Waals surface area contributed by atoms with E-state index in [0.717, 1.165) is 38.0 Å². The van der Waals surface area contributed by atoms with Gasteiger partial charge in [0.15, 0.2) is 0 Å². The molecule has 2 heteroatoms. The first-order valence-electron chi connectivity index (χ1n) is 5.36. The predicted molar refractivity (Wildman–Crippen MR) is 55.6 cm³/mol. The average Bonchev–Trinajstić information content (AvgIpc) is 2.65. The van der Waals surface area contributed by atoms with Crippen LogP contribution in [-0.2, 0) is 19.3 Å². The minimum atomic E-state index is 0.364. The molecule has 0 amide bonds. The fourth-order valence-corrected chi connectivity index (χ4v) is 2.61. The van der Waals surface area contributed by atoms with E-state index in [9.17, 15) is 0 Å². The molecule has 0 spiro atoms. The lowest BCUT2D eigenvalue weighted by Gasteiger charge is -2.23. The van der Waals surface area contributed by atoms with Crippen LogP contribution in [0.3, 0.4) is 0 Å². The predicted octanol–water partition coefficient (Wildman–Crippen LogP) is 1.44. The zero-order valence-corrected chi connectivity index (χ0v) is 8.25. The Bertz CT molecular complexity index is 373. The highest BCUT2D eigenvalue weighted by molar-refractivity contribution is 5.48. The Morgan fingerprint density at radius 1 is 1.21 bits per heavy atom. The van der Waals surface area contributed by atoms with Crippen molar-refractivity contribution < 1.29 is 4.74 Å². The molecule has 0 fully saturated rings. The van der Waals surface area contributed by atoms with Gasteiger partial charge in [0, 0.05) is 18.0 Å². The maximum Gasteiger partial charge on any atom is 0.122 e. The van der Waals surface area contributed by atoms with Gasteiger partial charge in [0.05, 0.1) is 6.61 Å². The normalized spacial score (nSPS) is 23.9. The van der Waals surface area contributed by atoms with Crippen LogP contribution in [0.4, 0.5) is 0 Å². The molecule has 2 N–H and O–H groups in total. The van der Waals surface area contributed by atoms with Crippen molar-refractivity contribution >= 4 is 0 Å². The van der Waals surface area contributed by atoms with Crippen LogP contribution in [0.5, 0.6) is 5.75 Å². The average molecular weight is 189 g/mol. The molecule has 1 aromatic carbocycles. The lowest BCUT2D eigenvalue weighted by Crippen LogP contribution is -2.28. The van der Waals surface area contributed by atoms with Crippen molar-refractivity contribution in [3.8, 4) is 5.75 Å². The van der Waals surface area contributed by atoms with Gasteiger partial charge in [0.1, 0.15) is 5.75 Å². The van der Waals surface area contributed by atoms with Gasteiger partial charge in [-0.2, -0.15) is 0 Å². The smallest absolute Gasteiger partial charge is 0.122 e. The van der Waals surface area contributed by atoms with E-state index >= 15 is 0 Å². The maximum absolute atomic E-state index is 5.96. The van der Waals surface area contributed by atoms with Gasteiger partial charge < -0.3 is 10.5 Å². The molecule has 1 aliphatic heterocycles. The highest BCUT2D eigenvalue weighted by Crippen LogP contribution is 2.34. The highest BCUT2D eigenvalue weighted by atomic mass is 16.5. The van der Waals surface area contributed by atoms with Gasteiger partial charge in [-0.05, 0) is 36.5 Å². The summed E-state index contributed by atoms with van der Waals surface area (Å²) in [5.41, 5.74) is 10.4. The lowest BCUT2D eigenvalue weighted by molar-refractivity contribution is 0.356. The molecule has 1 aromatic rings. The van der Waals surface area contributed by atoms with Crippen molar-refractivity contribution in [3.05, 3.63) is 28.8 Å². The molecule has 1 aliphatic carbocycles. The first-order valence-corrected chi connectivity index (χ1v) is 5.36. The van der Waals surface area contributed by atoms with E-state index in [1.807, 2.05) is 0 Å². The SMILES string of the molecule is N[C@H]1CCc2c(ccc3c2CCO3)C1. The van der Waals surface area contributed by atoms with Gasteiger partial charge in [-0.1, -0.05) is 6.07 Å². The second-order valence-electron chi connectivity index (χ2n) is 4.28. The second-order valence-corrected chi connectivity index (χ2v) is 4.28. The van der Waals surface area contributed by atoms with Crippen LogP contribution in [0.15, 0.2) is 12.1 Å². The molecule has 0 bridgehead atoms. The van der Waals surface area contributed by atoms with Gasteiger partial charge in [-0.15, -0.1) is 0 Å². The fourth-order valence-electron chi connectivity index (χ4n) is 2.61. The van der Waals surface area contributed by atoms with Gasteiger partial charge in [0.2, 0.25) is 0 Å². The molecular formula is C12H15NO. The third kappa shape index (κ3) is 1.14. The molecule has 14 heavy (non-hydrogen) atoms. The van der Waals surface area contributed by atoms with Crippen LogP contribution < -0.4 is 10.5 Å². The summed E-state index contributed by atoms with van der Waals surface area (Å²) in [6, 6.07) is 4.67. The summed E-state index contributed by atoms with van der Waals surface area (Å²) in [7, 11) is 0. The number of rotatable bonds is 0. The summed E-state index contributed by atoms with van der Waals surface area (Å²) in [6.07, 6.45) is 4.41. The summed E-state index contributed by atoms with van der Waals surface area (Å²) in [5.74, 6) is 1.11. The van der Waals surface area contributed by atoms with E-state index in [4.69, 9.17) is 10.5 Å². The Labute approximate surface area is 84.1 Å². The summed E-state index contributed by atoms with van der Waals surface area (Å²) < 4.78 is 5.56. The minimum Gasteiger partial charge on any atom is -0.493 e. The Morgan fingerprint density at radius 3 is 3.07 bits per heavy atom. The zero-order chi connectivity index (χ0) is 9.54. The third-order valence-electron chi connectivity index (χ3n) is 3.34. The van der Waals surface area contributed by atoms with Crippen molar-refractivity contribution in [1.29, 1.82) is 0 Å². The molecule has 3 rings (SSSR count). The molecule has 1 heterocycles. The van der Waals surface area contributed by atoms with Crippen molar-refractivity contribution in [2.45, 2.75) is 31.7 Å². The Morgan fingerprint density at radius 2 is 2.14 bits per heavy atom. The Kier molecular flexibility index (Phi) is 1.77. The Hall–Kier alpha value is -1.02. The second kappa shape index (κ2) is 2.99. The van der Waals surface area contributed by atoms with Crippen LogP contribution in [0.2, 0.25) is 0 Å². The van der Waals surface area contributed by atoms with Gasteiger partial charge in [-0.3, -0.25) is 0 Å². The summed E-state index contributed by atoms with van der Waals surface area (Å²) in [4.78, 5) is 0. The number of ether oxygens (including phenoxy) is 1. The van der Waals surface area contributed by atoms with E-state index in [2.05, 4.69) is 12.1 Å². The number of fused-ring (bicyclic) bond motifs is 3. The molecule has 2 nitrogen and oxygen atoms in total. The van der Waals surface area contributed by atoms with Gasteiger partial charge in [0.25, 0.3) is 0 Å². The molecule has 2 aliphatic rings. The topological polar surface area (TPSA) is 35.2 Å². The Balaban J connectivity index is 2.10. The van der Waals surface area contributed by atoms with E-state index < -0.39 is 0 Å². The van der Waals surface area contributed by atoms with Gasteiger partial charge >= 0.3 is 0 Å². The van der Waals surface area contributed by atoms with Crippen LogP contribution in [0.1, 0.15) is 23.1 Å². The molecular weight excluding hydrogens is 174 g/mol. The largest absolute Gasteiger partial charge is 0.493 e. The zero-order valence-electron chi connectivity index (χ0n) is 8.25. The van der Waals surface area contributed by atoms with Crippen molar-refractivity contribution in [2.24, 2.45) is 5.73 Å². The molecule has 1 atom stereocenters. The first-order chi connectivity index (χ1) is 6.84. The third-order valence-corrected chi connectivity index (χ3v) is 3.34. The maximum atomic E-state index is 5.96. The summed E-state index contributed by atoms with van der Waals surface area (Å²) >= 11 is 0. The molecule has 0 unspecified atom stereocenters. The van der Waals surface area contributed by atoms with Crippen LogP contribution >= 0.6 is 0 Å². The fraction of sp³-hybridized carbons (Fsp3) is 0.500. The number of benzene rings is 1. The number of nitrogens with two attached hydrogens (primary N) is 1. The highest BCUT2D eigenvalue weighted by Gasteiger charge is 2.23. The van der Waals surface area contributed by atoms with Gasteiger partial charge in [-0.25, -0.2) is 0 Å². The molecule has 0 aromatic heterocycles. The van der Waals surface area contributed by atoms with Crippen LogP contribution in [0, 0.1) is 0 Å². The quantitative estimate of drug-likeness (QED) is 0.670. The van der Waals surface area contributed by atoms with Crippen LogP contribution in [-0.4, -0.2) is 12.6 Å². The van der Waals surface area contributed by atoms with Crippen molar-refractivity contribution in [3.63, 3.8) is 0 Å². The van der Waals surface area contributed by atoms with E-state index in [1.54, 1.807) is 0 Å². The van der Waals surface area contributed by atoms with E-state index in [1.165, 1.54) is 16.7 Å². The first kappa shape index (κ1) is 8.30. The number of hydrogen-bond acceptors (Lipinski definition) is 2. The summed E-state index contributed by atoms with van der Waals surface area (Å²) in [6.45, 7) is 0.859. The standard InChI is InChI=1S/C12H15NO/c13-9-2-3-10-8(7-9)1-4-12-11(10)5-6-14-12/h1,4,9H,2-3,5-7,13H2/t9-/m0/s1. The summed E-state index contributed by atoms with van der Waals surface area (Å²) in [5, 5.41) is 0. The van der Waals surface area contributed by atoms with Crippen LogP contribution in [0.25, 0.3) is 0 Å². The molecule has 0 radical (unpaired) electrons.